The number of nitrogens with one attached hydrogen (secondary N) is 1. The van der Waals surface area contributed by atoms with E-state index < -0.39 is 44.5 Å². The number of methoxy groups -OCH3 is 1. The summed E-state index contributed by atoms with van der Waals surface area (Å²) < 4.78 is 52.6. The van der Waals surface area contributed by atoms with Crippen molar-refractivity contribution in [3.05, 3.63) is 28.5 Å². The highest BCUT2D eigenvalue weighted by atomic mass is 31.2. The Hall–Kier alpha value is -3.30. The Morgan fingerprint density at radius 3 is 2.77 bits per heavy atom. The summed E-state index contributed by atoms with van der Waals surface area (Å²) in [5.74, 6) is -1.13. The number of nitrogens with two attached hydrogens (primary N) is 1. The van der Waals surface area contributed by atoms with Gasteiger partial charge in [0, 0.05) is 5.92 Å². The minimum absolute atomic E-state index is 0.0205. The van der Waals surface area contributed by atoms with Crippen LogP contribution in [-0.2, 0) is 34.5 Å². The molecule has 16 nitrogen and oxygen atoms in total. The number of rotatable bonds is 12. The lowest BCUT2D eigenvalue weighted by molar-refractivity contribution is -0.142. The lowest BCUT2D eigenvalue weighted by Crippen LogP contribution is -2.34. The zero-order chi connectivity index (χ0) is 28.3. The fraction of sp³-hybridized carbons (Fsp3) is 0.591. The number of nitrogens with zero attached hydrogens (tertiary/aromatic N) is 4. The molecule has 5 atom stereocenters. The predicted octanol–water partition coefficient (Wildman–Crippen LogP) is 2.08. The number of esters is 1. The van der Waals surface area contributed by atoms with E-state index in [1.165, 1.54) is 21.0 Å². The zero-order valence-electron chi connectivity index (χ0n) is 22.1. The number of carbonyl (C=O) groups excluding carboxylic acids is 1. The summed E-state index contributed by atoms with van der Waals surface area (Å²) in [5, 5.41) is 2.53. The first-order chi connectivity index (χ1) is 18.5. The second-order valence-corrected chi connectivity index (χ2v) is 10.6. The topological polar surface area (TPSA) is 205 Å². The number of hydrogen-bond donors (Lipinski definition) is 2. The van der Waals surface area contributed by atoms with Crippen molar-refractivity contribution < 1.29 is 41.5 Å². The van der Waals surface area contributed by atoms with Crippen molar-refractivity contribution in [3.8, 4) is 5.88 Å². The average Bonchev–Trinajstić information content (AvgIpc) is 3.56. The standard InChI is InChI=1S/C22H31N6O10P/c1-6-33-18-16-17(25-21(23)26-18)28(10-24-16)19-11(2)7-14(37-19)8-34-39(31,27-12(3)20(29)32-5)35-9-15-13(4)36-22(30)38-15/h10-12,14,19H,6-9H2,1-5H3,(H,27,31)(H2,23,25,26). The second kappa shape index (κ2) is 11.8. The largest absolute Gasteiger partial charge is 0.519 e. The molecule has 214 valence electrons. The van der Waals surface area contributed by atoms with Crippen molar-refractivity contribution in [2.24, 2.45) is 5.92 Å². The molecule has 0 saturated carbocycles. The number of carbonyl (C=O) groups is 1. The molecule has 0 amide bonds. The van der Waals surface area contributed by atoms with E-state index in [9.17, 15) is 14.2 Å². The fourth-order valence-corrected chi connectivity index (χ4v) is 5.56. The van der Waals surface area contributed by atoms with Gasteiger partial charge in [0.1, 0.15) is 24.6 Å². The van der Waals surface area contributed by atoms with E-state index in [4.69, 9.17) is 33.1 Å². The first-order valence-corrected chi connectivity index (χ1v) is 13.7. The number of aryl methyl sites for hydroxylation is 1. The molecule has 1 aliphatic rings. The first-order valence-electron chi connectivity index (χ1n) is 12.2. The maximum atomic E-state index is 13.6. The highest BCUT2D eigenvalue weighted by molar-refractivity contribution is 7.51. The van der Waals surface area contributed by atoms with Crippen molar-refractivity contribution in [2.45, 2.75) is 59.1 Å². The Balaban J connectivity index is 1.48. The number of fused-ring (bicyclic) bond motifs is 1. The van der Waals surface area contributed by atoms with Gasteiger partial charge < -0.3 is 28.8 Å². The average molecular weight is 570 g/mol. The van der Waals surface area contributed by atoms with Gasteiger partial charge in [-0.05, 0) is 27.2 Å². The van der Waals surface area contributed by atoms with Gasteiger partial charge in [-0.3, -0.25) is 18.4 Å². The van der Waals surface area contributed by atoms with Crippen LogP contribution in [0.15, 0.2) is 20.0 Å². The van der Waals surface area contributed by atoms with Crippen LogP contribution in [0.3, 0.4) is 0 Å². The molecule has 3 N–H and O–H groups in total. The van der Waals surface area contributed by atoms with E-state index in [1.807, 2.05) is 13.8 Å². The van der Waals surface area contributed by atoms with Crippen LogP contribution >= 0.6 is 7.75 Å². The highest BCUT2D eigenvalue weighted by Crippen LogP contribution is 2.47. The Morgan fingerprint density at radius 1 is 1.33 bits per heavy atom. The number of nitrogen functional groups attached to an aromatic ring is 1. The summed E-state index contributed by atoms with van der Waals surface area (Å²) in [6.07, 6.45) is 1.11. The third kappa shape index (κ3) is 6.47. The summed E-state index contributed by atoms with van der Waals surface area (Å²) in [6, 6.07) is -1.03. The monoisotopic (exact) mass is 570 g/mol. The maximum absolute atomic E-state index is 13.6. The Kier molecular flexibility index (Phi) is 8.71. The molecule has 4 rings (SSSR count). The summed E-state index contributed by atoms with van der Waals surface area (Å²) >= 11 is 0. The van der Waals surface area contributed by atoms with Crippen LogP contribution in [0.2, 0.25) is 0 Å². The lowest BCUT2D eigenvalue weighted by Gasteiger charge is -2.23. The van der Waals surface area contributed by atoms with Crippen LogP contribution in [-0.4, -0.2) is 58.0 Å². The number of anilines is 1. The summed E-state index contributed by atoms with van der Waals surface area (Å²) in [7, 11) is -2.94. The Bertz CT molecular complexity index is 1420. The van der Waals surface area contributed by atoms with E-state index >= 15 is 0 Å². The zero-order valence-corrected chi connectivity index (χ0v) is 23.0. The SMILES string of the molecule is CCOc1nc(N)nc2c1ncn2C1OC(COP(=O)(NC(C)C(=O)OC)OCc2oc(=O)oc2C)CC1C. The summed E-state index contributed by atoms with van der Waals surface area (Å²) in [5.41, 5.74) is 6.77. The van der Waals surface area contributed by atoms with Crippen LogP contribution in [0.1, 0.15) is 44.9 Å². The summed E-state index contributed by atoms with van der Waals surface area (Å²) in [6.45, 7) is 6.54. The molecule has 0 aliphatic carbocycles. The molecule has 1 fully saturated rings. The number of aromatic nitrogens is 4. The van der Waals surface area contributed by atoms with Crippen molar-refractivity contribution in [2.75, 3.05) is 26.1 Å². The van der Waals surface area contributed by atoms with Gasteiger partial charge in [-0.15, -0.1) is 0 Å². The smallest absolute Gasteiger partial charge is 0.476 e. The van der Waals surface area contributed by atoms with Gasteiger partial charge in [-0.25, -0.2) is 19.4 Å². The molecule has 39 heavy (non-hydrogen) atoms. The fourth-order valence-electron chi connectivity index (χ4n) is 4.10. The van der Waals surface area contributed by atoms with Crippen molar-refractivity contribution in [1.29, 1.82) is 0 Å². The van der Waals surface area contributed by atoms with Crippen LogP contribution in [0.5, 0.6) is 5.88 Å². The van der Waals surface area contributed by atoms with Gasteiger partial charge in [-0.1, -0.05) is 6.92 Å². The molecule has 3 aromatic heterocycles. The third-order valence-electron chi connectivity index (χ3n) is 5.95. The van der Waals surface area contributed by atoms with Crippen molar-refractivity contribution in [1.82, 2.24) is 24.6 Å². The minimum Gasteiger partial charge on any atom is -0.476 e. The first kappa shape index (κ1) is 28.7. The molecule has 1 saturated heterocycles. The van der Waals surface area contributed by atoms with Crippen LogP contribution in [0.25, 0.3) is 11.2 Å². The van der Waals surface area contributed by atoms with Crippen molar-refractivity contribution in [3.63, 3.8) is 0 Å². The molecule has 0 spiro atoms. The molecule has 5 unspecified atom stereocenters. The highest BCUT2D eigenvalue weighted by Gasteiger charge is 2.38. The van der Waals surface area contributed by atoms with Gasteiger partial charge in [0.15, 0.2) is 16.9 Å². The number of hydrogen-bond acceptors (Lipinski definition) is 14. The van der Waals surface area contributed by atoms with Gasteiger partial charge in [0.2, 0.25) is 11.8 Å². The lowest BCUT2D eigenvalue weighted by atomic mass is 10.1. The summed E-state index contributed by atoms with van der Waals surface area (Å²) in [4.78, 5) is 36.1. The normalized spacial score (nSPS) is 21.6. The Morgan fingerprint density at radius 2 is 2.10 bits per heavy atom. The minimum atomic E-state index is -4.14. The third-order valence-corrected chi connectivity index (χ3v) is 7.61. The van der Waals surface area contributed by atoms with Crippen LogP contribution < -0.4 is 21.4 Å². The molecular weight excluding hydrogens is 539 g/mol. The van der Waals surface area contributed by atoms with Gasteiger partial charge in [0.05, 0.1) is 32.8 Å². The van der Waals surface area contributed by atoms with E-state index in [2.05, 4.69) is 24.8 Å². The van der Waals surface area contributed by atoms with E-state index in [1.54, 1.807) is 10.9 Å². The van der Waals surface area contributed by atoms with E-state index in [0.717, 1.165) is 0 Å². The van der Waals surface area contributed by atoms with E-state index in [-0.39, 0.29) is 35.9 Å². The van der Waals surface area contributed by atoms with Gasteiger partial charge in [-0.2, -0.15) is 9.97 Å². The Labute approximate surface area is 222 Å². The maximum Gasteiger partial charge on any atom is 0.519 e. The molecule has 1 aliphatic heterocycles. The number of ether oxygens (including phenoxy) is 3. The predicted molar refractivity (Wildman–Crippen MR) is 134 cm³/mol. The number of imidazole rings is 1. The van der Waals surface area contributed by atoms with Crippen molar-refractivity contribution >= 4 is 30.8 Å². The molecule has 0 aromatic carbocycles. The second-order valence-electron chi connectivity index (χ2n) is 8.88. The van der Waals surface area contributed by atoms with E-state index in [0.29, 0.717) is 24.2 Å². The molecular formula is C22H31N6O10P. The molecule has 0 radical (unpaired) electrons. The van der Waals surface area contributed by atoms with Crippen LogP contribution in [0.4, 0.5) is 5.95 Å². The van der Waals surface area contributed by atoms with Gasteiger partial charge in [0.25, 0.3) is 0 Å². The van der Waals surface area contributed by atoms with Gasteiger partial charge >= 0.3 is 19.5 Å². The molecule has 4 heterocycles. The molecule has 0 bridgehead atoms. The van der Waals surface area contributed by atoms with Crippen LogP contribution in [0, 0.1) is 12.8 Å². The molecule has 3 aromatic rings. The quantitative estimate of drug-likeness (QED) is 0.236. The molecule has 17 heteroatoms.